The molecule has 2 rings (SSSR count). The van der Waals surface area contributed by atoms with Gasteiger partial charge in [-0.15, -0.1) is 0 Å². The summed E-state index contributed by atoms with van der Waals surface area (Å²) in [5.74, 6) is 0.880. The number of nitrogens with zero attached hydrogens (tertiary/aromatic N) is 2. The summed E-state index contributed by atoms with van der Waals surface area (Å²) < 4.78 is 1.79. The fourth-order valence-electron chi connectivity index (χ4n) is 1.94. The lowest BCUT2D eigenvalue weighted by atomic mass is 10.2. The molecule has 0 bridgehead atoms. The molecule has 0 radical (unpaired) electrons. The summed E-state index contributed by atoms with van der Waals surface area (Å²) in [6, 6.07) is 7.54. The van der Waals surface area contributed by atoms with Gasteiger partial charge >= 0.3 is 0 Å². The third kappa shape index (κ3) is 2.78. The second-order valence-electron chi connectivity index (χ2n) is 3.86. The Hall–Kier alpha value is -1.64. The molecule has 0 unspecified atom stereocenters. The number of hydrogen-bond acceptors (Lipinski definition) is 2. The van der Waals surface area contributed by atoms with E-state index in [2.05, 4.69) is 11.9 Å². The Morgan fingerprint density at radius 2 is 1.83 bits per heavy atom. The third-order valence-corrected chi connectivity index (χ3v) is 2.70. The molecule has 1 aromatic heterocycles. The van der Waals surface area contributed by atoms with E-state index in [1.54, 1.807) is 4.57 Å². The van der Waals surface area contributed by atoms with E-state index in [0.717, 1.165) is 30.7 Å². The van der Waals surface area contributed by atoms with Gasteiger partial charge in [0.25, 0.3) is 5.56 Å². The van der Waals surface area contributed by atoms with Gasteiger partial charge in [0, 0.05) is 13.0 Å². The van der Waals surface area contributed by atoms with Gasteiger partial charge in [0.15, 0.2) is 0 Å². The number of fused-ring (bicyclic) bond motifs is 1. The molecule has 0 aliphatic heterocycles. The van der Waals surface area contributed by atoms with Gasteiger partial charge in [0.05, 0.1) is 10.9 Å². The normalized spacial score (nSPS) is 10.0. The van der Waals surface area contributed by atoms with Crippen molar-refractivity contribution in [3.05, 3.63) is 40.4 Å². The highest BCUT2D eigenvalue weighted by Crippen LogP contribution is 2.08. The summed E-state index contributed by atoms with van der Waals surface area (Å²) in [6.07, 6.45) is 1.74. The van der Waals surface area contributed by atoms with Crippen LogP contribution in [0.3, 0.4) is 0 Å². The maximum Gasteiger partial charge on any atom is 0.261 e. The molecule has 3 heteroatoms. The van der Waals surface area contributed by atoms with E-state index in [1.165, 1.54) is 0 Å². The van der Waals surface area contributed by atoms with Crippen LogP contribution in [0.5, 0.6) is 0 Å². The molecule has 2 aromatic rings. The van der Waals surface area contributed by atoms with Gasteiger partial charge in [-0.05, 0) is 18.6 Å². The van der Waals surface area contributed by atoms with Crippen molar-refractivity contribution in [2.45, 2.75) is 47.1 Å². The second-order valence-corrected chi connectivity index (χ2v) is 3.86. The number of para-hydroxylation sites is 1. The Bertz CT molecular complexity index is 558. The van der Waals surface area contributed by atoms with Crippen molar-refractivity contribution in [1.82, 2.24) is 9.55 Å². The van der Waals surface area contributed by atoms with Crippen LogP contribution in [0.25, 0.3) is 10.9 Å². The van der Waals surface area contributed by atoms with Crippen LogP contribution in [-0.2, 0) is 13.0 Å². The average Bonchev–Trinajstić information content (AvgIpc) is 2.44. The minimum absolute atomic E-state index is 0.0873. The second kappa shape index (κ2) is 6.94. The van der Waals surface area contributed by atoms with Crippen LogP contribution < -0.4 is 5.56 Å². The maximum absolute atomic E-state index is 12.2. The highest BCUT2D eigenvalue weighted by Gasteiger charge is 2.07. The van der Waals surface area contributed by atoms with E-state index in [4.69, 9.17) is 0 Å². The molecule has 0 N–H and O–H groups in total. The summed E-state index contributed by atoms with van der Waals surface area (Å²) in [7, 11) is 0. The van der Waals surface area contributed by atoms with Crippen molar-refractivity contribution < 1.29 is 0 Å². The average molecular weight is 246 g/mol. The van der Waals surface area contributed by atoms with E-state index >= 15 is 0 Å². The van der Waals surface area contributed by atoms with Gasteiger partial charge in [-0.1, -0.05) is 39.8 Å². The van der Waals surface area contributed by atoms with Gasteiger partial charge in [-0.3, -0.25) is 9.36 Å². The van der Waals surface area contributed by atoms with Crippen LogP contribution >= 0.6 is 0 Å². The summed E-state index contributed by atoms with van der Waals surface area (Å²) in [5.41, 5.74) is 0.890. The van der Waals surface area contributed by atoms with Gasteiger partial charge in [-0.25, -0.2) is 4.98 Å². The molecule has 0 spiro atoms. The lowest BCUT2D eigenvalue weighted by molar-refractivity contribution is 0.610. The molecule has 3 nitrogen and oxygen atoms in total. The standard InChI is InChI=1S/C13H16N2O.C2H6/c1-3-9-15-12(4-2)14-11-8-6-5-7-10(11)13(15)16;1-2/h5-8H,3-4,9H2,1-2H3;1-2H3. The Morgan fingerprint density at radius 3 is 2.44 bits per heavy atom. The van der Waals surface area contributed by atoms with Crippen LogP contribution in [-0.4, -0.2) is 9.55 Å². The van der Waals surface area contributed by atoms with Crippen molar-refractivity contribution in [3.63, 3.8) is 0 Å². The fraction of sp³-hybridized carbons (Fsp3) is 0.467. The van der Waals surface area contributed by atoms with Crippen molar-refractivity contribution in [3.8, 4) is 0 Å². The molecule has 1 aromatic carbocycles. The summed E-state index contributed by atoms with van der Waals surface area (Å²) in [4.78, 5) is 16.8. The minimum Gasteiger partial charge on any atom is -0.296 e. The molecule has 98 valence electrons. The maximum atomic E-state index is 12.2. The smallest absolute Gasteiger partial charge is 0.261 e. The van der Waals surface area contributed by atoms with E-state index in [0.29, 0.717) is 5.39 Å². The molecular weight excluding hydrogens is 224 g/mol. The van der Waals surface area contributed by atoms with Crippen LogP contribution in [0.2, 0.25) is 0 Å². The first-order valence-electron chi connectivity index (χ1n) is 6.76. The van der Waals surface area contributed by atoms with Gasteiger partial charge in [-0.2, -0.15) is 0 Å². The van der Waals surface area contributed by atoms with Crippen molar-refractivity contribution >= 4 is 10.9 Å². The zero-order chi connectivity index (χ0) is 13.5. The molecular formula is C15H22N2O. The summed E-state index contributed by atoms with van der Waals surface area (Å²) in [5, 5.41) is 0.716. The third-order valence-electron chi connectivity index (χ3n) is 2.70. The zero-order valence-electron chi connectivity index (χ0n) is 11.7. The number of aryl methyl sites for hydroxylation is 1. The number of benzene rings is 1. The summed E-state index contributed by atoms with van der Waals surface area (Å²) >= 11 is 0. The molecule has 0 aliphatic carbocycles. The predicted molar refractivity (Wildman–Crippen MR) is 77.0 cm³/mol. The highest BCUT2D eigenvalue weighted by atomic mass is 16.1. The van der Waals surface area contributed by atoms with Gasteiger partial charge in [0.1, 0.15) is 5.82 Å². The molecule has 1 heterocycles. The van der Waals surface area contributed by atoms with Crippen molar-refractivity contribution in [2.75, 3.05) is 0 Å². The number of rotatable bonds is 3. The first kappa shape index (κ1) is 14.4. The largest absolute Gasteiger partial charge is 0.296 e. The molecule has 0 atom stereocenters. The lowest BCUT2D eigenvalue weighted by Crippen LogP contribution is -2.25. The molecule has 0 saturated heterocycles. The quantitative estimate of drug-likeness (QED) is 0.832. The first-order valence-corrected chi connectivity index (χ1v) is 6.76. The van der Waals surface area contributed by atoms with Gasteiger partial charge in [0.2, 0.25) is 0 Å². The summed E-state index contributed by atoms with van der Waals surface area (Å²) in [6.45, 7) is 8.85. The van der Waals surface area contributed by atoms with Crippen LogP contribution in [0, 0.1) is 0 Å². The Morgan fingerprint density at radius 1 is 1.17 bits per heavy atom. The highest BCUT2D eigenvalue weighted by molar-refractivity contribution is 5.77. The molecule has 0 amide bonds. The van der Waals surface area contributed by atoms with Crippen molar-refractivity contribution in [2.24, 2.45) is 0 Å². The lowest BCUT2D eigenvalue weighted by Gasteiger charge is -2.10. The monoisotopic (exact) mass is 246 g/mol. The Balaban J connectivity index is 0.000000771. The number of aromatic nitrogens is 2. The van der Waals surface area contributed by atoms with Crippen LogP contribution in [0.15, 0.2) is 29.1 Å². The van der Waals surface area contributed by atoms with Crippen LogP contribution in [0.1, 0.15) is 39.9 Å². The zero-order valence-corrected chi connectivity index (χ0v) is 11.7. The molecule has 0 aliphatic rings. The van der Waals surface area contributed by atoms with E-state index in [-0.39, 0.29) is 5.56 Å². The van der Waals surface area contributed by atoms with E-state index in [9.17, 15) is 4.79 Å². The predicted octanol–water partition coefficient (Wildman–Crippen LogP) is 3.40. The Kier molecular flexibility index (Phi) is 5.56. The van der Waals surface area contributed by atoms with Gasteiger partial charge < -0.3 is 0 Å². The molecule has 18 heavy (non-hydrogen) atoms. The number of hydrogen-bond donors (Lipinski definition) is 0. The molecule has 0 fully saturated rings. The minimum atomic E-state index is 0.0873. The molecule has 0 saturated carbocycles. The van der Waals surface area contributed by atoms with E-state index in [1.807, 2.05) is 45.0 Å². The Labute approximate surface area is 108 Å². The fourth-order valence-corrected chi connectivity index (χ4v) is 1.94. The van der Waals surface area contributed by atoms with E-state index < -0.39 is 0 Å². The van der Waals surface area contributed by atoms with Crippen LogP contribution in [0.4, 0.5) is 0 Å². The topological polar surface area (TPSA) is 34.9 Å². The first-order chi connectivity index (χ1) is 8.77. The SMILES string of the molecule is CC.CCCn1c(CC)nc2ccccc2c1=O. The van der Waals surface area contributed by atoms with Crippen molar-refractivity contribution in [1.29, 1.82) is 0 Å².